The minimum atomic E-state index is -0.542. The van der Waals surface area contributed by atoms with Gasteiger partial charge in [0.25, 0.3) is 0 Å². The molecule has 2 saturated heterocycles. The lowest BCUT2D eigenvalue weighted by molar-refractivity contribution is -0.143. The maximum atomic E-state index is 13.8. The highest BCUT2D eigenvalue weighted by molar-refractivity contribution is 6.31. The van der Waals surface area contributed by atoms with Crippen LogP contribution >= 0.6 is 23.2 Å². The van der Waals surface area contributed by atoms with E-state index in [2.05, 4.69) is 17.9 Å². The highest BCUT2D eigenvalue weighted by Crippen LogP contribution is 2.38. The molecule has 2 aliphatic heterocycles. The Balaban J connectivity index is 1.49. The van der Waals surface area contributed by atoms with Crippen molar-refractivity contribution in [1.82, 2.24) is 9.80 Å². The molecule has 0 aliphatic carbocycles. The van der Waals surface area contributed by atoms with Crippen molar-refractivity contribution in [3.8, 4) is 0 Å². The number of benzene rings is 2. The van der Waals surface area contributed by atoms with Crippen LogP contribution in [0.25, 0.3) is 0 Å². The van der Waals surface area contributed by atoms with Crippen LogP contribution in [0.2, 0.25) is 10.0 Å². The van der Waals surface area contributed by atoms with Crippen molar-refractivity contribution < 1.29 is 9.53 Å². The van der Waals surface area contributed by atoms with Crippen molar-refractivity contribution in [3.05, 3.63) is 69.7 Å². The third-order valence-electron chi connectivity index (χ3n) is 6.64. The summed E-state index contributed by atoms with van der Waals surface area (Å²) >= 11 is 12.7. The molecule has 0 N–H and O–H groups in total. The summed E-state index contributed by atoms with van der Waals surface area (Å²) in [5, 5.41) is 1.47. The van der Waals surface area contributed by atoms with Crippen LogP contribution in [-0.4, -0.2) is 55.1 Å². The van der Waals surface area contributed by atoms with Gasteiger partial charge in [-0.3, -0.25) is 9.69 Å². The Morgan fingerprint density at radius 3 is 2.37 bits per heavy atom. The molecule has 2 aromatic rings. The van der Waals surface area contributed by atoms with E-state index in [0.29, 0.717) is 31.1 Å². The predicted octanol–water partition coefficient (Wildman–Crippen LogP) is 4.95. The number of hydrogen-bond acceptors (Lipinski definition) is 3. The van der Waals surface area contributed by atoms with Crippen molar-refractivity contribution in [2.24, 2.45) is 0 Å². The van der Waals surface area contributed by atoms with Gasteiger partial charge in [0.05, 0.1) is 5.41 Å². The fourth-order valence-corrected chi connectivity index (χ4v) is 5.24. The van der Waals surface area contributed by atoms with E-state index < -0.39 is 5.41 Å². The highest BCUT2D eigenvalue weighted by atomic mass is 35.5. The Morgan fingerprint density at radius 1 is 1.00 bits per heavy atom. The Kier molecular flexibility index (Phi) is 6.69. The molecule has 30 heavy (non-hydrogen) atoms. The normalized spacial score (nSPS) is 20.7. The standard InChI is InChI=1S/C24H28Cl2N2O2/c1-18(21-7-2-3-8-22(21)26)27-11-13-28(14-12-27)23(29)24(9-15-30-16-10-24)19-5-4-6-20(25)17-19/h2-8,17-18H,9-16H2,1H3. The molecule has 160 valence electrons. The molecule has 1 amide bonds. The lowest BCUT2D eigenvalue weighted by Gasteiger charge is -2.44. The van der Waals surface area contributed by atoms with Crippen molar-refractivity contribution in [3.63, 3.8) is 0 Å². The molecule has 2 aromatic carbocycles. The zero-order valence-corrected chi connectivity index (χ0v) is 18.8. The topological polar surface area (TPSA) is 32.8 Å². The van der Waals surface area contributed by atoms with E-state index in [1.165, 1.54) is 0 Å². The number of hydrogen-bond donors (Lipinski definition) is 0. The van der Waals surface area contributed by atoms with Crippen LogP contribution < -0.4 is 0 Å². The van der Waals surface area contributed by atoms with Crippen LogP contribution in [0.4, 0.5) is 0 Å². The van der Waals surface area contributed by atoms with E-state index in [9.17, 15) is 4.79 Å². The molecule has 0 bridgehead atoms. The summed E-state index contributed by atoms with van der Waals surface area (Å²) in [5.74, 6) is 0.207. The Labute approximate surface area is 188 Å². The summed E-state index contributed by atoms with van der Waals surface area (Å²) in [6, 6.07) is 16.0. The fraction of sp³-hybridized carbons (Fsp3) is 0.458. The molecule has 1 unspecified atom stereocenters. The summed E-state index contributed by atoms with van der Waals surface area (Å²) in [6.07, 6.45) is 1.39. The van der Waals surface area contributed by atoms with E-state index in [-0.39, 0.29) is 11.9 Å². The molecule has 2 fully saturated rings. The third kappa shape index (κ3) is 4.24. The zero-order valence-electron chi connectivity index (χ0n) is 17.3. The van der Waals surface area contributed by atoms with Gasteiger partial charge >= 0.3 is 0 Å². The third-order valence-corrected chi connectivity index (χ3v) is 7.22. The number of nitrogens with zero attached hydrogens (tertiary/aromatic N) is 2. The first-order valence-electron chi connectivity index (χ1n) is 10.6. The van der Waals surface area contributed by atoms with Crippen LogP contribution in [0.1, 0.15) is 36.9 Å². The number of carbonyl (C=O) groups excluding carboxylic acids is 1. The summed E-state index contributed by atoms with van der Waals surface area (Å²) in [5.41, 5.74) is 1.61. The quantitative estimate of drug-likeness (QED) is 0.665. The van der Waals surface area contributed by atoms with Gasteiger partial charge in [0.15, 0.2) is 0 Å². The molecule has 0 saturated carbocycles. The van der Waals surface area contributed by atoms with Gasteiger partial charge < -0.3 is 9.64 Å². The Morgan fingerprint density at radius 2 is 1.70 bits per heavy atom. The first kappa shape index (κ1) is 21.6. The molecule has 0 spiro atoms. The van der Waals surface area contributed by atoms with Gasteiger partial charge in [-0.05, 0) is 49.1 Å². The first-order chi connectivity index (χ1) is 14.5. The number of piperazine rings is 1. The second-order valence-electron chi connectivity index (χ2n) is 8.23. The molecule has 2 aliphatic rings. The highest BCUT2D eigenvalue weighted by Gasteiger charge is 2.44. The number of carbonyl (C=O) groups is 1. The Hall–Kier alpha value is -1.59. The fourth-order valence-electron chi connectivity index (χ4n) is 4.76. The lowest BCUT2D eigenvalue weighted by Crippen LogP contribution is -2.56. The number of rotatable bonds is 4. The monoisotopic (exact) mass is 446 g/mol. The van der Waals surface area contributed by atoms with E-state index in [1.807, 2.05) is 47.4 Å². The van der Waals surface area contributed by atoms with Crippen molar-refractivity contribution in [2.45, 2.75) is 31.2 Å². The van der Waals surface area contributed by atoms with Crippen LogP contribution in [0.3, 0.4) is 0 Å². The van der Waals surface area contributed by atoms with Crippen LogP contribution in [0.15, 0.2) is 48.5 Å². The molecule has 0 radical (unpaired) electrons. The van der Waals surface area contributed by atoms with Crippen LogP contribution in [0, 0.1) is 0 Å². The lowest BCUT2D eigenvalue weighted by atomic mass is 9.73. The molecular weight excluding hydrogens is 419 g/mol. The van der Waals surface area contributed by atoms with E-state index in [0.717, 1.165) is 42.3 Å². The maximum absolute atomic E-state index is 13.8. The molecule has 4 rings (SSSR count). The molecular formula is C24H28Cl2N2O2. The number of amides is 1. The van der Waals surface area contributed by atoms with Gasteiger partial charge in [0.1, 0.15) is 0 Å². The largest absolute Gasteiger partial charge is 0.381 e. The maximum Gasteiger partial charge on any atom is 0.233 e. The number of halogens is 2. The van der Waals surface area contributed by atoms with Gasteiger partial charge in [0, 0.05) is 55.5 Å². The Bertz CT molecular complexity index is 890. The van der Waals surface area contributed by atoms with E-state index >= 15 is 0 Å². The van der Waals surface area contributed by atoms with Gasteiger partial charge in [-0.2, -0.15) is 0 Å². The first-order valence-corrected chi connectivity index (χ1v) is 11.4. The second-order valence-corrected chi connectivity index (χ2v) is 9.07. The second kappa shape index (κ2) is 9.27. The van der Waals surface area contributed by atoms with Gasteiger partial charge in [-0.25, -0.2) is 0 Å². The van der Waals surface area contributed by atoms with E-state index in [1.54, 1.807) is 0 Å². The zero-order chi connectivity index (χ0) is 21.1. The molecule has 0 aromatic heterocycles. The van der Waals surface area contributed by atoms with Crippen LogP contribution in [-0.2, 0) is 14.9 Å². The molecule has 4 nitrogen and oxygen atoms in total. The van der Waals surface area contributed by atoms with Crippen molar-refractivity contribution >= 4 is 29.1 Å². The average molecular weight is 447 g/mol. The predicted molar refractivity (Wildman–Crippen MR) is 121 cm³/mol. The number of ether oxygens (including phenoxy) is 1. The summed E-state index contributed by atoms with van der Waals surface area (Å²) in [7, 11) is 0. The average Bonchev–Trinajstić information content (AvgIpc) is 2.79. The smallest absolute Gasteiger partial charge is 0.233 e. The van der Waals surface area contributed by atoms with Gasteiger partial charge in [-0.1, -0.05) is 53.5 Å². The minimum Gasteiger partial charge on any atom is -0.381 e. The SMILES string of the molecule is CC(c1ccccc1Cl)N1CCN(C(=O)C2(c3cccc(Cl)c3)CCOCC2)CC1. The van der Waals surface area contributed by atoms with Crippen molar-refractivity contribution in [1.29, 1.82) is 0 Å². The van der Waals surface area contributed by atoms with E-state index in [4.69, 9.17) is 27.9 Å². The van der Waals surface area contributed by atoms with Gasteiger partial charge in [0.2, 0.25) is 5.91 Å². The minimum absolute atomic E-state index is 0.207. The molecule has 1 atom stereocenters. The van der Waals surface area contributed by atoms with Gasteiger partial charge in [-0.15, -0.1) is 0 Å². The summed E-state index contributed by atoms with van der Waals surface area (Å²) in [6.45, 7) is 6.49. The van der Waals surface area contributed by atoms with Crippen molar-refractivity contribution in [2.75, 3.05) is 39.4 Å². The summed E-state index contributed by atoms with van der Waals surface area (Å²) < 4.78 is 5.60. The van der Waals surface area contributed by atoms with Crippen LogP contribution in [0.5, 0.6) is 0 Å². The summed E-state index contributed by atoms with van der Waals surface area (Å²) in [4.78, 5) is 18.2. The molecule has 2 heterocycles. The molecule has 6 heteroatoms.